The number of halogens is 2. The van der Waals surface area contributed by atoms with Gasteiger partial charge >= 0.3 is 0 Å². The third-order valence-corrected chi connectivity index (χ3v) is 4.17. The lowest BCUT2D eigenvalue weighted by Crippen LogP contribution is -2.25. The lowest BCUT2D eigenvalue weighted by Gasteiger charge is -2.06. The zero-order valence-electron chi connectivity index (χ0n) is 9.72. The summed E-state index contributed by atoms with van der Waals surface area (Å²) in [5, 5.41) is 2.97. The van der Waals surface area contributed by atoms with Crippen molar-refractivity contribution in [2.24, 2.45) is 0 Å². The van der Waals surface area contributed by atoms with E-state index in [2.05, 4.69) is 50.5 Å². The zero-order chi connectivity index (χ0) is 12.5. The van der Waals surface area contributed by atoms with Gasteiger partial charge in [-0.3, -0.25) is 4.79 Å². The van der Waals surface area contributed by atoms with E-state index in [0.29, 0.717) is 0 Å². The number of carbonyl (C=O) groups is 1. The maximum Gasteiger partial charge on any atom is 0.252 e. The molecule has 94 valence electrons. The normalized spacial score (nSPS) is 10.2. The molecule has 17 heavy (non-hydrogen) atoms. The van der Waals surface area contributed by atoms with Crippen molar-refractivity contribution in [1.82, 2.24) is 5.32 Å². The Morgan fingerprint density at radius 3 is 2.53 bits per heavy atom. The topological polar surface area (TPSA) is 29.1 Å². The third kappa shape index (κ3) is 6.03. The molecule has 0 aliphatic rings. The number of unbranched alkanes of at least 4 members (excludes halogenated alkanes) is 3. The first kappa shape index (κ1) is 15.2. The number of rotatable bonds is 7. The fraction of sp³-hybridized carbons (Fsp3) is 0.462. The number of carbonyl (C=O) groups excluding carboxylic acids is 1. The predicted octanol–water partition coefficient (Wildman–Crippen LogP) is 4.02. The van der Waals surface area contributed by atoms with Crippen LogP contribution in [-0.2, 0) is 0 Å². The molecule has 0 saturated carbocycles. The molecule has 1 amide bonds. The molecule has 4 heteroatoms. The molecule has 0 heterocycles. The van der Waals surface area contributed by atoms with Crippen molar-refractivity contribution in [3.63, 3.8) is 0 Å². The molecule has 0 saturated heterocycles. The van der Waals surface area contributed by atoms with Crippen molar-refractivity contribution in [1.29, 1.82) is 0 Å². The molecule has 0 radical (unpaired) electrons. The van der Waals surface area contributed by atoms with E-state index in [-0.39, 0.29) is 5.91 Å². The van der Waals surface area contributed by atoms with Crippen LogP contribution < -0.4 is 5.32 Å². The summed E-state index contributed by atoms with van der Waals surface area (Å²) in [7, 11) is 0. The molecule has 0 aliphatic heterocycles. The molecule has 1 rings (SSSR count). The molecular formula is C13H17I2NO. The smallest absolute Gasteiger partial charge is 0.252 e. The van der Waals surface area contributed by atoms with Crippen molar-refractivity contribution < 1.29 is 4.79 Å². The number of hydrogen-bond donors (Lipinski definition) is 1. The van der Waals surface area contributed by atoms with E-state index in [0.717, 1.165) is 22.1 Å². The summed E-state index contributed by atoms with van der Waals surface area (Å²) >= 11 is 4.59. The largest absolute Gasteiger partial charge is 0.352 e. The van der Waals surface area contributed by atoms with Crippen LogP contribution >= 0.6 is 45.2 Å². The van der Waals surface area contributed by atoms with Crippen LogP contribution in [0.1, 0.15) is 36.0 Å². The van der Waals surface area contributed by atoms with Gasteiger partial charge in [0.1, 0.15) is 0 Å². The Hall–Kier alpha value is 0.150. The van der Waals surface area contributed by atoms with Gasteiger partial charge in [-0.05, 0) is 52.0 Å². The van der Waals surface area contributed by atoms with Crippen LogP contribution in [0.2, 0.25) is 0 Å². The summed E-state index contributed by atoms with van der Waals surface area (Å²) in [4.78, 5) is 11.8. The van der Waals surface area contributed by atoms with Gasteiger partial charge in [-0.25, -0.2) is 0 Å². The molecule has 0 spiro atoms. The Morgan fingerprint density at radius 1 is 1.12 bits per heavy atom. The Balaban J connectivity index is 2.24. The van der Waals surface area contributed by atoms with E-state index in [1.54, 1.807) is 0 Å². The Bertz CT molecular complexity index is 355. The van der Waals surface area contributed by atoms with Crippen molar-refractivity contribution in [3.8, 4) is 0 Å². The fourth-order valence-electron chi connectivity index (χ4n) is 1.52. The highest BCUT2D eigenvalue weighted by Crippen LogP contribution is 2.11. The van der Waals surface area contributed by atoms with E-state index in [4.69, 9.17) is 0 Å². The highest BCUT2D eigenvalue weighted by molar-refractivity contribution is 14.1. The summed E-state index contributed by atoms with van der Waals surface area (Å²) in [5.74, 6) is 0.0453. The van der Waals surface area contributed by atoms with Gasteiger partial charge in [-0.2, -0.15) is 0 Å². The van der Waals surface area contributed by atoms with Crippen LogP contribution in [-0.4, -0.2) is 16.9 Å². The van der Waals surface area contributed by atoms with E-state index in [9.17, 15) is 4.79 Å². The second-order valence-corrected chi connectivity index (χ2v) is 6.08. The van der Waals surface area contributed by atoms with Crippen molar-refractivity contribution in [2.75, 3.05) is 11.0 Å². The maximum atomic E-state index is 11.8. The molecule has 2 nitrogen and oxygen atoms in total. The highest BCUT2D eigenvalue weighted by Gasteiger charge is 2.07. The number of alkyl halides is 1. The first-order valence-electron chi connectivity index (χ1n) is 5.84. The van der Waals surface area contributed by atoms with E-state index < -0.39 is 0 Å². The zero-order valence-corrected chi connectivity index (χ0v) is 14.0. The van der Waals surface area contributed by atoms with Gasteiger partial charge in [0.2, 0.25) is 0 Å². The standard InChI is InChI=1S/C13H17I2NO/c14-9-5-1-2-6-10-16-13(17)11-7-3-4-8-12(11)15/h3-4,7-8H,1-2,5-6,9-10H2,(H,16,17). The van der Waals surface area contributed by atoms with E-state index in [1.807, 2.05) is 24.3 Å². The van der Waals surface area contributed by atoms with Crippen LogP contribution in [0.4, 0.5) is 0 Å². The molecular weight excluding hydrogens is 440 g/mol. The molecule has 1 aromatic carbocycles. The Kier molecular flexibility index (Phi) is 8.17. The Morgan fingerprint density at radius 2 is 1.82 bits per heavy atom. The van der Waals surface area contributed by atoms with Gasteiger partial charge in [0, 0.05) is 10.1 Å². The second-order valence-electron chi connectivity index (χ2n) is 3.84. The summed E-state index contributed by atoms with van der Waals surface area (Å²) < 4.78 is 2.24. The molecule has 1 N–H and O–H groups in total. The number of amides is 1. The van der Waals surface area contributed by atoms with Crippen LogP contribution in [0, 0.1) is 3.57 Å². The number of hydrogen-bond acceptors (Lipinski definition) is 1. The average molecular weight is 457 g/mol. The molecule has 0 unspecified atom stereocenters. The molecule has 0 atom stereocenters. The van der Waals surface area contributed by atoms with Crippen LogP contribution in [0.15, 0.2) is 24.3 Å². The van der Waals surface area contributed by atoms with Crippen molar-refractivity contribution in [3.05, 3.63) is 33.4 Å². The maximum absolute atomic E-state index is 11.8. The third-order valence-electron chi connectivity index (χ3n) is 2.46. The summed E-state index contributed by atoms with van der Waals surface area (Å²) in [5.41, 5.74) is 0.778. The minimum Gasteiger partial charge on any atom is -0.352 e. The molecule has 1 aromatic rings. The minimum absolute atomic E-state index is 0.0453. The summed E-state index contributed by atoms with van der Waals surface area (Å²) in [6.45, 7) is 0.783. The second kappa shape index (κ2) is 9.13. The Labute approximate surface area is 130 Å². The SMILES string of the molecule is O=C(NCCCCCCI)c1ccccc1I. The lowest BCUT2D eigenvalue weighted by atomic mass is 10.2. The highest BCUT2D eigenvalue weighted by atomic mass is 127. The average Bonchev–Trinajstić information content (AvgIpc) is 2.34. The van der Waals surface area contributed by atoms with Gasteiger partial charge in [0.15, 0.2) is 0 Å². The van der Waals surface area contributed by atoms with Crippen LogP contribution in [0.25, 0.3) is 0 Å². The van der Waals surface area contributed by atoms with Crippen molar-refractivity contribution in [2.45, 2.75) is 25.7 Å². The van der Waals surface area contributed by atoms with E-state index >= 15 is 0 Å². The molecule has 0 aromatic heterocycles. The van der Waals surface area contributed by atoms with Gasteiger partial charge in [-0.15, -0.1) is 0 Å². The minimum atomic E-state index is 0.0453. The van der Waals surface area contributed by atoms with Crippen LogP contribution in [0.3, 0.4) is 0 Å². The van der Waals surface area contributed by atoms with E-state index in [1.165, 1.54) is 23.7 Å². The molecule has 0 bridgehead atoms. The first-order valence-corrected chi connectivity index (χ1v) is 8.45. The number of nitrogens with one attached hydrogen (secondary N) is 1. The fourth-order valence-corrected chi connectivity index (χ4v) is 2.69. The van der Waals surface area contributed by atoms with Crippen LogP contribution in [0.5, 0.6) is 0 Å². The van der Waals surface area contributed by atoms with Gasteiger partial charge < -0.3 is 5.32 Å². The first-order chi connectivity index (χ1) is 8.25. The summed E-state index contributed by atoms with van der Waals surface area (Å²) in [6.07, 6.45) is 4.83. The molecule has 0 aliphatic carbocycles. The van der Waals surface area contributed by atoms with Gasteiger partial charge in [-0.1, -0.05) is 47.6 Å². The molecule has 0 fully saturated rings. The monoisotopic (exact) mass is 457 g/mol. The number of benzene rings is 1. The van der Waals surface area contributed by atoms with Gasteiger partial charge in [0.05, 0.1) is 5.56 Å². The van der Waals surface area contributed by atoms with Crippen molar-refractivity contribution >= 4 is 51.1 Å². The van der Waals surface area contributed by atoms with Gasteiger partial charge in [0.25, 0.3) is 5.91 Å². The lowest BCUT2D eigenvalue weighted by molar-refractivity contribution is 0.0952. The summed E-state index contributed by atoms with van der Waals surface area (Å²) in [6, 6.07) is 7.67. The quantitative estimate of drug-likeness (QED) is 0.375. The predicted molar refractivity (Wildman–Crippen MR) is 88.8 cm³/mol.